The number of piperidine rings is 1. The Labute approximate surface area is 186 Å². The fraction of sp³-hybridized carbons (Fsp3) is 0.458. The van der Waals surface area contributed by atoms with Gasteiger partial charge in [0.25, 0.3) is 17.6 Å². The highest BCUT2D eigenvalue weighted by atomic mass is 19.1. The zero-order valence-corrected chi connectivity index (χ0v) is 18.7. The molecular formula is C24H28FN3O4. The van der Waals surface area contributed by atoms with E-state index in [0.29, 0.717) is 40.9 Å². The molecule has 2 aromatic rings. The van der Waals surface area contributed by atoms with Crippen molar-refractivity contribution in [1.29, 1.82) is 0 Å². The molecule has 32 heavy (non-hydrogen) atoms. The summed E-state index contributed by atoms with van der Waals surface area (Å²) in [4.78, 5) is 41.1. The number of aliphatic hydroxyl groups excluding tert-OH is 1. The molecule has 7 nitrogen and oxygen atoms in total. The number of aliphatic hydroxyl groups is 1. The van der Waals surface area contributed by atoms with Crippen LogP contribution in [0.15, 0.2) is 18.2 Å². The van der Waals surface area contributed by atoms with Gasteiger partial charge in [-0.05, 0) is 75.8 Å². The van der Waals surface area contributed by atoms with Crippen LogP contribution in [0.5, 0.6) is 0 Å². The van der Waals surface area contributed by atoms with Crippen LogP contribution in [0.3, 0.4) is 0 Å². The van der Waals surface area contributed by atoms with E-state index in [-0.39, 0.29) is 23.6 Å². The molecule has 170 valence electrons. The Morgan fingerprint density at radius 2 is 1.72 bits per heavy atom. The number of hydrogen-bond acceptors (Lipinski definition) is 4. The topological polar surface area (TPSA) is 91.6 Å². The highest BCUT2D eigenvalue weighted by Crippen LogP contribution is 2.36. The Kier molecular flexibility index (Phi) is 5.67. The number of nitrogens with zero attached hydrogens (tertiary/aromatic N) is 2. The zero-order valence-electron chi connectivity index (χ0n) is 18.7. The van der Waals surface area contributed by atoms with Gasteiger partial charge in [-0.2, -0.15) is 0 Å². The standard InChI is InChI=1S/C24H28FN3O4/c1-12-9-15(5-8-19(12)25)26-23(31)20-13(2)21(27(4)14(20)3)22(30)24(32)28-16-6-7-17(28)11-18(29)10-16/h5,8-9,16-18,29H,6-7,10-11H2,1-4H3,(H,26,31)/t16-,17?,18-/m1/s1. The van der Waals surface area contributed by atoms with Gasteiger partial charge < -0.3 is 19.9 Å². The Hall–Kier alpha value is -3.00. The molecule has 3 atom stereocenters. The van der Waals surface area contributed by atoms with Crippen molar-refractivity contribution in [3.8, 4) is 0 Å². The van der Waals surface area contributed by atoms with Gasteiger partial charge in [0.15, 0.2) is 0 Å². The molecule has 2 fully saturated rings. The fourth-order valence-corrected chi connectivity index (χ4v) is 5.25. The molecule has 2 aliphatic heterocycles. The third kappa shape index (κ3) is 3.62. The maximum Gasteiger partial charge on any atom is 0.297 e. The third-order valence-electron chi connectivity index (χ3n) is 6.93. The minimum absolute atomic E-state index is 0.119. The number of fused-ring (bicyclic) bond motifs is 2. The number of Topliss-reactive ketones (excluding diaryl/α,β-unsaturated/α-hetero) is 1. The smallest absolute Gasteiger partial charge is 0.297 e. The van der Waals surface area contributed by atoms with Crippen LogP contribution >= 0.6 is 0 Å². The molecule has 0 aliphatic carbocycles. The van der Waals surface area contributed by atoms with Gasteiger partial charge in [-0.15, -0.1) is 0 Å². The van der Waals surface area contributed by atoms with Gasteiger partial charge in [0.2, 0.25) is 0 Å². The van der Waals surface area contributed by atoms with E-state index in [1.807, 2.05) is 0 Å². The highest BCUT2D eigenvalue weighted by Gasteiger charge is 2.45. The minimum Gasteiger partial charge on any atom is -0.393 e. The number of ketones is 1. The second-order valence-electron chi connectivity index (χ2n) is 8.96. The average molecular weight is 442 g/mol. The van der Waals surface area contributed by atoms with E-state index >= 15 is 0 Å². The van der Waals surface area contributed by atoms with Gasteiger partial charge in [0.05, 0.1) is 17.4 Å². The number of amides is 2. The number of aryl methyl sites for hydroxylation is 1. The summed E-state index contributed by atoms with van der Waals surface area (Å²) in [6.07, 6.45) is 2.13. The Morgan fingerprint density at radius 3 is 2.31 bits per heavy atom. The molecule has 2 amide bonds. The summed E-state index contributed by atoms with van der Waals surface area (Å²) in [7, 11) is 1.66. The lowest BCUT2D eigenvalue weighted by atomic mass is 9.98. The van der Waals surface area contributed by atoms with E-state index in [0.717, 1.165) is 12.8 Å². The second-order valence-corrected chi connectivity index (χ2v) is 8.96. The van der Waals surface area contributed by atoms with Crippen molar-refractivity contribution >= 4 is 23.3 Å². The number of aromatic nitrogens is 1. The van der Waals surface area contributed by atoms with Gasteiger partial charge in [0.1, 0.15) is 5.82 Å². The van der Waals surface area contributed by atoms with Gasteiger partial charge >= 0.3 is 0 Å². The van der Waals surface area contributed by atoms with Crippen LogP contribution in [-0.2, 0) is 11.8 Å². The molecule has 2 bridgehead atoms. The predicted molar refractivity (Wildman–Crippen MR) is 117 cm³/mol. The summed E-state index contributed by atoms with van der Waals surface area (Å²) in [6.45, 7) is 4.99. The first-order valence-corrected chi connectivity index (χ1v) is 10.9. The van der Waals surface area contributed by atoms with Crippen LogP contribution in [0.2, 0.25) is 0 Å². The van der Waals surface area contributed by atoms with Crippen LogP contribution in [0.4, 0.5) is 10.1 Å². The number of rotatable bonds is 4. The molecule has 0 spiro atoms. The van der Waals surface area contributed by atoms with Gasteiger partial charge in [0, 0.05) is 30.5 Å². The Morgan fingerprint density at radius 1 is 1.09 bits per heavy atom. The second kappa shape index (κ2) is 8.16. The molecule has 1 aromatic carbocycles. The molecule has 0 saturated carbocycles. The summed E-state index contributed by atoms with van der Waals surface area (Å²) in [5.41, 5.74) is 2.37. The molecule has 2 aliphatic rings. The van der Waals surface area contributed by atoms with E-state index in [2.05, 4.69) is 5.32 Å². The normalized spacial score (nSPS) is 22.2. The number of anilines is 1. The number of carbonyl (C=O) groups is 3. The summed E-state index contributed by atoms with van der Waals surface area (Å²) in [6, 6.07) is 4.06. The number of carbonyl (C=O) groups excluding carboxylic acids is 3. The van der Waals surface area contributed by atoms with Gasteiger partial charge in [-0.25, -0.2) is 4.39 Å². The van der Waals surface area contributed by atoms with Crippen molar-refractivity contribution < 1.29 is 23.9 Å². The first kappa shape index (κ1) is 22.2. The first-order valence-electron chi connectivity index (χ1n) is 10.9. The predicted octanol–water partition coefficient (Wildman–Crippen LogP) is 3.04. The van der Waals surface area contributed by atoms with E-state index in [9.17, 15) is 23.9 Å². The van der Waals surface area contributed by atoms with Crippen molar-refractivity contribution in [3.05, 3.63) is 52.1 Å². The molecule has 8 heteroatoms. The van der Waals surface area contributed by atoms with Crippen molar-refractivity contribution in [2.45, 2.75) is 64.6 Å². The van der Waals surface area contributed by atoms with Crippen LogP contribution in [-0.4, -0.2) is 50.4 Å². The van der Waals surface area contributed by atoms with E-state index < -0.39 is 23.7 Å². The molecule has 2 saturated heterocycles. The van der Waals surface area contributed by atoms with Crippen LogP contribution in [0, 0.1) is 26.6 Å². The molecule has 0 radical (unpaired) electrons. The monoisotopic (exact) mass is 441 g/mol. The summed E-state index contributed by atoms with van der Waals surface area (Å²) < 4.78 is 15.1. The van der Waals surface area contributed by atoms with Crippen molar-refractivity contribution in [2.75, 3.05) is 5.32 Å². The molecule has 4 rings (SSSR count). The molecule has 3 heterocycles. The first-order chi connectivity index (χ1) is 15.1. The quantitative estimate of drug-likeness (QED) is 0.564. The van der Waals surface area contributed by atoms with Crippen molar-refractivity contribution in [3.63, 3.8) is 0 Å². The minimum atomic E-state index is -0.641. The Balaban J connectivity index is 1.61. The lowest BCUT2D eigenvalue weighted by Crippen LogP contribution is -2.50. The maximum absolute atomic E-state index is 13.5. The van der Waals surface area contributed by atoms with E-state index in [1.54, 1.807) is 37.3 Å². The van der Waals surface area contributed by atoms with Crippen LogP contribution in [0.1, 0.15) is 63.4 Å². The average Bonchev–Trinajstić information content (AvgIpc) is 3.13. The lowest BCUT2D eigenvalue weighted by molar-refractivity contribution is -0.132. The molecular weight excluding hydrogens is 413 g/mol. The fourth-order valence-electron chi connectivity index (χ4n) is 5.25. The highest BCUT2D eigenvalue weighted by molar-refractivity contribution is 6.43. The Bertz CT molecular complexity index is 1110. The lowest BCUT2D eigenvalue weighted by Gasteiger charge is -2.36. The number of nitrogens with one attached hydrogen (secondary N) is 1. The molecule has 1 aromatic heterocycles. The summed E-state index contributed by atoms with van der Waals surface area (Å²) in [5, 5.41) is 12.8. The van der Waals surface area contributed by atoms with Crippen LogP contribution in [0.25, 0.3) is 0 Å². The van der Waals surface area contributed by atoms with E-state index in [4.69, 9.17) is 0 Å². The van der Waals surface area contributed by atoms with Crippen LogP contribution < -0.4 is 5.32 Å². The largest absolute Gasteiger partial charge is 0.393 e. The SMILES string of the molecule is Cc1cc(NC(=O)c2c(C)c(C(=O)C(=O)N3C4CC[C@@H]3C[C@@H](O)C4)n(C)c2C)ccc1F. The summed E-state index contributed by atoms with van der Waals surface area (Å²) >= 11 is 0. The van der Waals surface area contributed by atoms with Gasteiger partial charge in [-0.1, -0.05) is 0 Å². The van der Waals surface area contributed by atoms with Crippen molar-refractivity contribution in [1.82, 2.24) is 9.47 Å². The number of hydrogen-bond donors (Lipinski definition) is 2. The van der Waals surface area contributed by atoms with Crippen molar-refractivity contribution in [2.24, 2.45) is 7.05 Å². The zero-order chi connectivity index (χ0) is 23.3. The maximum atomic E-state index is 13.5. The third-order valence-corrected chi connectivity index (χ3v) is 6.93. The number of benzene rings is 1. The van der Waals surface area contributed by atoms with Gasteiger partial charge in [-0.3, -0.25) is 14.4 Å². The molecule has 1 unspecified atom stereocenters. The van der Waals surface area contributed by atoms with E-state index in [1.165, 1.54) is 18.2 Å². The summed E-state index contributed by atoms with van der Waals surface area (Å²) in [5.74, 6) is -2.00. The molecule has 2 N–H and O–H groups in total. The number of halogens is 1.